The first kappa shape index (κ1) is 8.00. The average molecular weight is 191 g/mol. The minimum atomic E-state index is 0.471. The first-order valence-electron chi connectivity index (χ1n) is 3.56. The van der Waals surface area contributed by atoms with Gasteiger partial charge in [-0.1, -0.05) is 0 Å². The Bertz CT molecular complexity index is 412. The predicted octanol–water partition coefficient (Wildman–Crippen LogP) is 1.41. The maximum absolute atomic E-state index is 10.4. The van der Waals surface area contributed by atoms with Crippen LogP contribution < -0.4 is 0 Å². The molecule has 0 saturated heterocycles. The van der Waals surface area contributed by atoms with E-state index in [2.05, 4.69) is 15.0 Å². The van der Waals surface area contributed by atoms with Gasteiger partial charge in [0, 0.05) is 24.2 Å². The number of nitrogens with zero attached hydrogens (tertiary/aromatic N) is 3. The molecule has 0 bridgehead atoms. The van der Waals surface area contributed by atoms with Gasteiger partial charge in [-0.15, -0.1) is 11.3 Å². The molecule has 2 aromatic rings. The number of carbonyl (C=O) groups is 1. The monoisotopic (exact) mass is 191 g/mol. The summed E-state index contributed by atoms with van der Waals surface area (Å²) in [5, 5.41) is 0.471. The largest absolute Gasteiger partial charge is 0.295 e. The summed E-state index contributed by atoms with van der Waals surface area (Å²) in [4.78, 5) is 22.9. The van der Waals surface area contributed by atoms with Crippen LogP contribution in [0.2, 0.25) is 0 Å². The number of aldehydes is 1. The maximum Gasteiger partial charge on any atom is 0.178 e. The summed E-state index contributed by atoms with van der Waals surface area (Å²) in [5.41, 5.74) is 0.883. The van der Waals surface area contributed by atoms with Gasteiger partial charge in [-0.25, -0.2) is 15.0 Å². The Morgan fingerprint density at radius 3 is 2.62 bits per heavy atom. The average Bonchev–Trinajstić information content (AvgIpc) is 2.67. The van der Waals surface area contributed by atoms with E-state index in [-0.39, 0.29) is 0 Å². The number of rotatable bonds is 2. The Labute approximate surface area is 78.3 Å². The molecule has 64 valence electrons. The Morgan fingerprint density at radius 1 is 1.23 bits per heavy atom. The van der Waals surface area contributed by atoms with E-state index >= 15 is 0 Å². The molecule has 0 atom stereocenters. The fourth-order valence-corrected chi connectivity index (χ4v) is 1.61. The molecule has 2 heterocycles. The van der Waals surface area contributed by atoms with Gasteiger partial charge >= 0.3 is 0 Å². The molecule has 0 saturated carbocycles. The lowest BCUT2D eigenvalue weighted by molar-refractivity contribution is 0.112. The Balaban J connectivity index is 2.41. The highest BCUT2D eigenvalue weighted by molar-refractivity contribution is 7.16. The number of hydrogen-bond donors (Lipinski definition) is 0. The highest BCUT2D eigenvalue weighted by atomic mass is 32.1. The number of aromatic nitrogens is 3. The second-order valence-electron chi connectivity index (χ2n) is 2.31. The lowest BCUT2D eigenvalue weighted by atomic mass is 10.3. The van der Waals surface area contributed by atoms with Crippen molar-refractivity contribution in [2.24, 2.45) is 0 Å². The number of thiazole rings is 1. The van der Waals surface area contributed by atoms with E-state index in [0.717, 1.165) is 16.7 Å². The Morgan fingerprint density at radius 2 is 2.00 bits per heavy atom. The molecule has 2 rings (SSSR count). The van der Waals surface area contributed by atoms with Crippen molar-refractivity contribution >= 4 is 17.6 Å². The minimum Gasteiger partial charge on any atom is -0.295 e. The van der Waals surface area contributed by atoms with Gasteiger partial charge in [-0.3, -0.25) is 4.79 Å². The van der Waals surface area contributed by atoms with Gasteiger partial charge in [-0.05, 0) is 0 Å². The van der Waals surface area contributed by atoms with Crippen LogP contribution >= 0.6 is 11.3 Å². The summed E-state index contributed by atoms with van der Waals surface area (Å²) in [7, 11) is 0. The van der Waals surface area contributed by atoms with E-state index in [9.17, 15) is 4.79 Å². The van der Waals surface area contributed by atoms with Crippen LogP contribution in [0.15, 0.2) is 24.9 Å². The zero-order valence-electron chi connectivity index (χ0n) is 6.54. The SMILES string of the molecule is O=Cc1ncc(-c2cncnc2)s1. The molecule has 0 aromatic carbocycles. The second-order valence-corrected chi connectivity index (χ2v) is 3.37. The molecule has 0 spiro atoms. The molecule has 0 fully saturated rings. The molecular formula is C8H5N3OS. The van der Waals surface area contributed by atoms with E-state index < -0.39 is 0 Å². The zero-order valence-corrected chi connectivity index (χ0v) is 7.36. The third-order valence-electron chi connectivity index (χ3n) is 1.47. The third kappa shape index (κ3) is 1.59. The van der Waals surface area contributed by atoms with Gasteiger partial charge in [0.15, 0.2) is 11.3 Å². The summed E-state index contributed by atoms with van der Waals surface area (Å²) in [6.45, 7) is 0. The van der Waals surface area contributed by atoms with Crippen molar-refractivity contribution in [3.8, 4) is 10.4 Å². The van der Waals surface area contributed by atoms with Gasteiger partial charge in [0.2, 0.25) is 0 Å². The number of carbonyl (C=O) groups excluding carboxylic acids is 1. The van der Waals surface area contributed by atoms with Crippen LogP contribution in [-0.4, -0.2) is 21.2 Å². The van der Waals surface area contributed by atoms with Crippen molar-refractivity contribution in [3.63, 3.8) is 0 Å². The van der Waals surface area contributed by atoms with Crippen LogP contribution in [-0.2, 0) is 0 Å². The lowest BCUT2D eigenvalue weighted by Crippen LogP contribution is -1.77. The lowest BCUT2D eigenvalue weighted by Gasteiger charge is -1.90. The Hall–Kier alpha value is -1.62. The summed E-state index contributed by atoms with van der Waals surface area (Å²) in [5.74, 6) is 0. The van der Waals surface area contributed by atoms with Crippen molar-refractivity contribution < 1.29 is 4.79 Å². The standard InChI is InChI=1S/C8H5N3OS/c12-4-8-11-3-7(13-8)6-1-9-5-10-2-6/h1-5H. The molecule has 0 aliphatic rings. The normalized spacial score (nSPS) is 9.85. The van der Waals surface area contributed by atoms with Crippen molar-refractivity contribution in [1.29, 1.82) is 0 Å². The van der Waals surface area contributed by atoms with Gasteiger partial charge in [0.05, 0.1) is 4.88 Å². The van der Waals surface area contributed by atoms with E-state index in [1.807, 2.05) is 0 Å². The van der Waals surface area contributed by atoms with Crippen molar-refractivity contribution in [2.75, 3.05) is 0 Å². The van der Waals surface area contributed by atoms with Gasteiger partial charge in [0.1, 0.15) is 6.33 Å². The molecule has 5 heteroatoms. The smallest absolute Gasteiger partial charge is 0.178 e. The molecular weight excluding hydrogens is 186 g/mol. The summed E-state index contributed by atoms with van der Waals surface area (Å²) in [6.07, 6.45) is 7.22. The number of hydrogen-bond acceptors (Lipinski definition) is 5. The van der Waals surface area contributed by atoms with E-state index in [1.54, 1.807) is 18.6 Å². The highest BCUT2D eigenvalue weighted by Gasteiger charge is 2.02. The molecule has 0 aliphatic heterocycles. The quantitative estimate of drug-likeness (QED) is 0.673. The molecule has 0 aliphatic carbocycles. The molecule has 2 aromatic heterocycles. The summed E-state index contributed by atoms with van der Waals surface area (Å²) in [6, 6.07) is 0. The van der Waals surface area contributed by atoms with Crippen LogP contribution in [0.5, 0.6) is 0 Å². The first-order valence-corrected chi connectivity index (χ1v) is 4.38. The summed E-state index contributed by atoms with van der Waals surface area (Å²) < 4.78 is 0. The molecule has 13 heavy (non-hydrogen) atoms. The van der Waals surface area contributed by atoms with Crippen molar-refractivity contribution in [2.45, 2.75) is 0 Å². The topological polar surface area (TPSA) is 55.7 Å². The fraction of sp³-hybridized carbons (Fsp3) is 0. The minimum absolute atomic E-state index is 0.471. The van der Waals surface area contributed by atoms with Crippen LogP contribution in [0.1, 0.15) is 9.80 Å². The van der Waals surface area contributed by atoms with Crippen molar-refractivity contribution in [3.05, 3.63) is 29.9 Å². The van der Waals surface area contributed by atoms with Gasteiger partial charge in [0.25, 0.3) is 0 Å². The van der Waals surface area contributed by atoms with Gasteiger partial charge in [-0.2, -0.15) is 0 Å². The van der Waals surface area contributed by atoms with Crippen LogP contribution in [0.4, 0.5) is 0 Å². The maximum atomic E-state index is 10.4. The highest BCUT2D eigenvalue weighted by Crippen LogP contribution is 2.23. The molecule has 0 N–H and O–H groups in total. The second kappa shape index (κ2) is 3.40. The molecule has 0 unspecified atom stereocenters. The predicted molar refractivity (Wildman–Crippen MR) is 48.5 cm³/mol. The van der Waals surface area contributed by atoms with E-state index in [0.29, 0.717) is 5.01 Å². The van der Waals surface area contributed by atoms with Crippen LogP contribution in [0, 0.1) is 0 Å². The van der Waals surface area contributed by atoms with Gasteiger partial charge < -0.3 is 0 Å². The molecule has 4 nitrogen and oxygen atoms in total. The van der Waals surface area contributed by atoms with Crippen LogP contribution in [0.25, 0.3) is 10.4 Å². The van der Waals surface area contributed by atoms with Crippen molar-refractivity contribution in [1.82, 2.24) is 15.0 Å². The third-order valence-corrected chi connectivity index (χ3v) is 2.44. The molecule has 0 amide bonds. The molecule has 0 radical (unpaired) electrons. The summed E-state index contributed by atoms with van der Waals surface area (Å²) >= 11 is 1.33. The van der Waals surface area contributed by atoms with Crippen LogP contribution in [0.3, 0.4) is 0 Å². The fourth-order valence-electron chi connectivity index (χ4n) is 0.902. The van der Waals surface area contributed by atoms with E-state index in [1.165, 1.54) is 17.7 Å². The first-order chi connectivity index (χ1) is 6.40. The Kier molecular flexibility index (Phi) is 2.09. The zero-order chi connectivity index (χ0) is 9.10. The van der Waals surface area contributed by atoms with E-state index in [4.69, 9.17) is 0 Å².